The lowest BCUT2D eigenvalue weighted by molar-refractivity contribution is -0.305. The minimum absolute atomic E-state index is 0.110. The first-order valence-corrected chi connectivity index (χ1v) is 21.2. The summed E-state index contributed by atoms with van der Waals surface area (Å²) < 4.78 is 22.6. The van der Waals surface area contributed by atoms with Crippen LogP contribution in [0.15, 0.2) is 85.1 Å². The molecule has 6 unspecified atom stereocenters. The van der Waals surface area contributed by atoms with Crippen molar-refractivity contribution in [1.82, 2.24) is 0 Å². The maximum atomic E-state index is 12.6. The minimum Gasteiger partial charge on any atom is -0.457 e. The van der Waals surface area contributed by atoms with Gasteiger partial charge in [0.25, 0.3) is 0 Å². The first kappa shape index (κ1) is 50.4. The van der Waals surface area contributed by atoms with Gasteiger partial charge in [0.15, 0.2) is 6.29 Å². The van der Waals surface area contributed by atoms with E-state index in [9.17, 15) is 25.2 Å². The summed E-state index contributed by atoms with van der Waals surface area (Å²) in [5.74, 6) is -0.339. The number of rotatable bonds is 34. The third kappa shape index (κ3) is 28.4. The predicted octanol–water partition coefficient (Wildman–Crippen LogP) is 9.08. The molecule has 0 aromatic carbocycles. The summed E-state index contributed by atoms with van der Waals surface area (Å²) in [6, 6.07) is 0. The van der Waals surface area contributed by atoms with Crippen LogP contribution in [-0.4, -0.2) is 89.6 Å². The first-order valence-electron chi connectivity index (χ1n) is 21.2. The molecule has 0 aromatic heterocycles. The first-order chi connectivity index (χ1) is 26.9. The van der Waals surface area contributed by atoms with Crippen molar-refractivity contribution in [2.24, 2.45) is 0 Å². The smallest absolute Gasteiger partial charge is 0.306 e. The molecule has 0 radical (unpaired) electrons. The Hall–Kier alpha value is -2.63. The van der Waals surface area contributed by atoms with E-state index in [1.54, 1.807) is 0 Å². The van der Waals surface area contributed by atoms with Crippen LogP contribution >= 0.6 is 0 Å². The number of aliphatic hydroxyl groups excluding tert-OH is 4. The van der Waals surface area contributed by atoms with E-state index in [0.717, 1.165) is 83.5 Å². The Balaban J connectivity index is 2.27. The SMILES string of the molecule is CC/C=C\C/C=C\C/C=C\C/C=C\C/C=C\C/C=C\C/C=C\CCCCOCC(COC1OC(CO)C(O)C(O)C1O)OC(=O)CCCCCCCCCC. The number of hydrogen-bond acceptors (Lipinski definition) is 9. The van der Waals surface area contributed by atoms with Crippen LogP contribution < -0.4 is 0 Å². The Labute approximate surface area is 333 Å². The fourth-order valence-electron chi connectivity index (χ4n) is 5.76. The maximum Gasteiger partial charge on any atom is 0.306 e. The minimum atomic E-state index is -1.55. The van der Waals surface area contributed by atoms with Gasteiger partial charge in [0.2, 0.25) is 0 Å². The average molecular weight is 773 g/mol. The molecule has 1 heterocycles. The van der Waals surface area contributed by atoms with E-state index < -0.39 is 43.4 Å². The van der Waals surface area contributed by atoms with Crippen molar-refractivity contribution >= 4 is 5.97 Å². The lowest BCUT2D eigenvalue weighted by Gasteiger charge is -2.39. The number of aliphatic hydroxyl groups is 4. The molecule has 0 aliphatic carbocycles. The van der Waals surface area contributed by atoms with E-state index in [0.29, 0.717) is 13.0 Å². The van der Waals surface area contributed by atoms with Crippen LogP contribution in [0.3, 0.4) is 0 Å². The number of carbonyl (C=O) groups is 1. The van der Waals surface area contributed by atoms with Crippen LogP contribution in [0.25, 0.3) is 0 Å². The van der Waals surface area contributed by atoms with E-state index in [1.165, 1.54) is 32.1 Å². The monoisotopic (exact) mass is 773 g/mol. The summed E-state index contributed by atoms with van der Waals surface area (Å²) in [5.41, 5.74) is 0. The number of allylic oxidation sites excluding steroid dienone is 14. The van der Waals surface area contributed by atoms with E-state index in [4.69, 9.17) is 18.9 Å². The molecule has 55 heavy (non-hydrogen) atoms. The van der Waals surface area contributed by atoms with Crippen LogP contribution in [0.2, 0.25) is 0 Å². The molecule has 0 spiro atoms. The number of unbranched alkanes of at least 4 members (excludes halogenated alkanes) is 9. The van der Waals surface area contributed by atoms with Crippen LogP contribution in [-0.2, 0) is 23.7 Å². The Kier molecular flexibility index (Phi) is 33.9. The molecule has 6 atom stereocenters. The number of carbonyl (C=O) groups excluding carboxylic acids is 1. The van der Waals surface area contributed by atoms with Crippen molar-refractivity contribution in [3.63, 3.8) is 0 Å². The second kappa shape index (κ2) is 37.0. The lowest BCUT2D eigenvalue weighted by Crippen LogP contribution is -2.59. The van der Waals surface area contributed by atoms with Crippen molar-refractivity contribution in [2.45, 2.75) is 173 Å². The zero-order chi connectivity index (χ0) is 40.0. The molecule has 9 nitrogen and oxygen atoms in total. The highest BCUT2D eigenvalue weighted by molar-refractivity contribution is 5.69. The van der Waals surface area contributed by atoms with Crippen LogP contribution in [0.1, 0.15) is 136 Å². The van der Waals surface area contributed by atoms with Gasteiger partial charge in [-0.1, -0.05) is 144 Å². The summed E-state index contributed by atoms with van der Waals surface area (Å²) in [4.78, 5) is 12.6. The second-order valence-corrected chi connectivity index (χ2v) is 14.1. The highest BCUT2D eigenvalue weighted by Gasteiger charge is 2.44. The number of ether oxygens (including phenoxy) is 4. The third-order valence-electron chi connectivity index (χ3n) is 9.08. The predicted molar refractivity (Wildman–Crippen MR) is 223 cm³/mol. The van der Waals surface area contributed by atoms with Gasteiger partial charge in [0.1, 0.15) is 30.5 Å². The molecule has 314 valence electrons. The molecule has 0 saturated carbocycles. The van der Waals surface area contributed by atoms with E-state index in [1.807, 2.05) is 0 Å². The highest BCUT2D eigenvalue weighted by atomic mass is 16.7. The van der Waals surface area contributed by atoms with Gasteiger partial charge < -0.3 is 39.4 Å². The molecule has 1 saturated heterocycles. The summed E-state index contributed by atoms with van der Waals surface area (Å²) in [7, 11) is 0. The van der Waals surface area contributed by atoms with Crippen molar-refractivity contribution in [3.8, 4) is 0 Å². The molecular weight excluding hydrogens is 696 g/mol. The van der Waals surface area contributed by atoms with Gasteiger partial charge in [-0.05, 0) is 70.6 Å². The number of esters is 1. The number of hydrogen-bond donors (Lipinski definition) is 4. The van der Waals surface area contributed by atoms with Gasteiger partial charge in [0.05, 0.1) is 19.8 Å². The molecule has 9 heteroatoms. The maximum absolute atomic E-state index is 12.6. The highest BCUT2D eigenvalue weighted by Crippen LogP contribution is 2.22. The Morgan fingerprint density at radius 1 is 0.600 bits per heavy atom. The summed E-state index contributed by atoms with van der Waals surface area (Å²) in [6.45, 7) is 4.27. The van der Waals surface area contributed by atoms with Crippen molar-refractivity contribution in [2.75, 3.05) is 26.4 Å². The normalized spacial score (nSPS) is 21.6. The molecular formula is C46H76O9. The van der Waals surface area contributed by atoms with Gasteiger partial charge >= 0.3 is 5.97 Å². The standard InChI is InChI=1S/C46H76O9/c1-3-5-7-9-11-13-14-15-16-17-18-19-20-21-22-23-24-25-26-27-28-30-32-34-36-52-38-40(54-42(48)35-33-31-29-12-10-8-6-4-2)39-53-46-45(51)44(50)43(49)41(37-47)55-46/h5,7,11,13,15-16,18-19,21-22,24-25,27-28,40-41,43-47,49-51H,3-4,6,8-10,12,14,17,20,23,26,29-39H2,1-2H3/b7-5-,13-11-,16-15-,19-18-,22-21-,25-24-,28-27-. The molecule has 0 amide bonds. The van der Waals surface area contributed by atoms with E-state index in [-0.39, 0.29) is 19.2 Å². The fraction of sp³-hybridized carbons (Fsp3) is 0.674. The Bertz CT molecular complexity index is 1110. The fourth-order valence-corrected chi connectivity index (χ4v) is 5.76. The summed E-state index contributed by atoms with van der Waals surface area (Å²) in [5, 5.41) is 39.9. The van der Waals surface area contributed by atoms with Crippen molar-refractivity contribution in [1.29, 1.82) is 0 Å². The van der Waals surface area contributed by atoms with Gasteiger partial charge in [0, 0.05) is 13.0 Å². The van der Waals surface area contributed by atoms with Gasteiger partial charge in [-0.15, -0.1) is 0 Å². The average Bonchev–Trinajstić information content (AvgIpc) is 3.18. The van der Waals surface area contributed by atoms with Gasteiger partial charge in [-0.2, -0.15) is 0 Å². The second-order valence-electron chi connectivity index (χ2n) is 14.1. The van der Waals surface area contributed by atoms with Gasteiger partial charge in [-0.25, -0.2) is 0 Å². The molecule has 0 bridgehead atoms. The van der Waals surface area contributed by atoms with E-state index >= 15 is 0 Å². The zero-order valence-corrected chi connectivity index (χ0v) is 34.1. The largest absolute Gasteiger partial charge is 0.457 e. The van der Waals surface area contributed by atoms with Crippen molar-refractivity contribution < 1.29 is 44.2 Å². The van der Waals surface area contributed by atoms with Crippen LogP contribution in [0.4, 0.5) is 0 Å². The molecule has 1 rings (SSSR count). The van der Waals surface area contributed by atoms with Gasteiger partial charge in [-0.3, -0.25) is 4.79 Å². The van der Waals surface area contributed by atoms with Crippen LogP contribution in [0, 0.1) is 0 Å². The summed E-state index contributed by atoms with van der Waals surface area (Å²) in [6.07, 6.45) is 42.0. The molecule has 1 aliphatic heterocycles. The quantitative estimate of drug-likeness (QED) is 0.0287. The molecule has 1 fully saturated rings. The Morgan fingerprint density at radius 2 is 1.11 bits per heavy atom. The van der Waals surface area contributed by atoms with Crippen molar-refractivity contribution in [3.05, 3.63) is 85.1 Å². The molecule has 0 aromatic rings. The third-order valence-corrected chi connectivity index (χ3v) is 9.08. The van der Waals surface area contributed by atoms with E-state index in [2.05, 4.69) is 98.9 Å². The lowest BCUT2D eigenvalue weighted by atomic mass is 9.99. The summed E-state index contributed by atoms with van der Waals surface area (Å²) >= 11 is 0. The molecule has 1 aliphatic rings. The zero-order valence-electron chi connectivity index (χ0n) is 34.1. The van der Waals surface area contributed by atoms with Crippen LogP contribution in [0.5, 0.6) is 0 Å². The topological polar surface area (TPSA) is 135 Å². The Morgan fingerprint density at radius 3 is 1.64 bits per heavy atom. The molecule has 4 N–H and O–H groups in total.